The average Bonchev–Trinajstić information content (AvgIpc) is 3.14. The normalized spacial score (nSPS) is 31.5. The zero-order valence-electron chi connectivity index (χ0n) is 17.7. The number of piperazine rings is 1. The molecule has 6 heteroatoms. The molecule has 3 aliphatic rings. The highest BCUT2D eigenvalue weighted by Gasteiger charge is 2.33. The van der Waals surface area contributed by atoms with E-state index >= 15 is 0 Å². The third kappa shape index (κ3) is 6.70. The standard InChI is InChI=1S/C21H40N4O2/c1-17(2)13-25-15-18(14-24-8-6-23(3)7-9-24)11-19(16-25)21(26)22-12-20-5-4-10-27-20/h17-20H,4-16H2,1-3H3,(H,22,26)/t18-,19-,20+/m1/s1. The molecule has 0 aromatic carbocycles. The average molecular weight is 381 g/mol. The number of hydrogen-bond donors (Lipinski definition) is 1. The van der Waals surface area contributed by atoms with E-state index < -0.39 is 0 Å². The van der Waals surface area contributed by atoms with E-state index in [2.05, 4.69) is 40.9 Å². The molecule has 0 bridgehead atoms. The molecule has 3 aliphatic heterocycles. The van der Waals surface area contributed by atoms with Crippen molar-refractivity contribution in [3.05, 3.63) is 0 Å². The molecule has 156 valence electrons. The Morgan fingerprint density at radius 2 is 1.93 bits per heavy atom. The van der Waals surface area contributed by atoms with Gasteiger partial charge in [0.25, 0.3) is 0 Å². The van der Waals surface area contributed by atoms with E-state index in [4.69, 9.17) is 4.74 Å². The molecule has 27 heavy (non-hydrogen) atoms. The quantitative estimate of drug-likeness (QED) is 0.717. The minimum Gasteiger partial charge on any atom is -0.376 e. The molecule has 3 rings (SSSR count). The molecule has 3 atom stereocenters. The highest BCUT2D eigenvalue weighted by Crippen LogP contribution is 2.24. The summed E-state index contributed by atoms with van der Waals surface area (Å²) in [6.45, 7) is 15.0. The van der Waals surface area contributed by atoms with Crippen molar-refractivity contribution in [3.63, 3.8) is 0 Å². The molecule has 1 amide bonds. The van der Waals surface area contributed by atoms with Gasteiger partial charge in [-0.15, -0.1) is 0 Å². The Morgan fingerprint density at radius 3 is 2.59 bits per heavy atom. The number of carbonyl (C=O) groups is 1. The van der Waals surface area contributed by atoms with Crippen LogP contribution in [0.1, 0.15) is 33.1 Å². The fourth-order valence-corrected chi connectivity index (χ4v) is 4.85. The summed E-state index contributed by atoms with van der Waals surface area (Å²) < 4.78 is 5.66. The minimum atomic E-state index is 0.122. The van der Waals surface area contributed by atoms with E-state index in [1.165, 1.54) is 0 Å². The molecule has 3 saturated heterocycles. The van der Waals surface area contributed by atoms with Crippen molar-refractivity contribution in [2.75, 3.05) is 72.6 Å². The zero-order valence-corrected chi connectivity index (χ0v) is 17.7. The van der Waals surface area contributed by atoms with E-state index in [0.717, 1.165) is 78.2 Å². The van der Waals surface area contributed by atoms with Crippen molar-refractivity contribution < 1.29 is 9.53 Å². The number of ether oxygens (including phenoxy) is 1. The van der Waals surface area contributed by atoms with Gasteiger partial charge in [0.05, 0.1) is 12.0 Å². The molecule has 0 spiro atoms. The van der Waals surface area contributed by atoms with Crippen LogP contribution in [-0.4, -0.2) is 99.3 Å². The first-order valence-corrected chi connectivity index (χ1v) is 11.0. The van der Waals surface area contributed by atoms with E-state index in [0.29, 0.717) is 18.4 Å². The minimum absolute atomic E-state index is 0.122. The molecule has 0 unspecified atom stereocenters. The van der Waals surface area contributed by atoms with Crippen molar-refractivity contribution in [1.29, 1.82) is 0 Å². The predicted octanol–water partition coefficient (Wildman–Crippen LogP) is 1.12. The molecule has 3 heterocycles. The SMILES string of the molecule is CC(C)CN1C[C@@H](CN2CCN(C)CC2)C[C@@H](C(=O)NC[C@@H]2CCCO2)C1. The Labute approximate surface area is 165 Å². The second-order valence-corrected chi connectivity index (χ2v) is 9.40. The largest absolute Gasteiger partial charge is 0.376 e. The molecule has 3 fully saturated rings. The van der Waals surface area contributed by atoms with Crippen LogP contribution in [0.15, 0.2) is 0 Å². The molecule has 1 N–H and O–H groups in total. The lowest BCUT2D eigenvalue weighted by atomic mass is 9.87. The van der Waals surface area contributed by atoms with E-state index in [1.807, 2.05) is 0 Å². The summed E-state index contributed by atoms with van der Waals surface area (Å²) in [5.74, 6) is 1.60. The van der Waals surface area contributed by atoms with Crippen LogP contribution in [0.25, 0.3) is 0 Å². The molecular formula is C21H40N4O2. The van der Waals surface area contributed by atoms with Gasteiger partial charge in [0, 0.05) is 65.5 Å². The lowest BCUT2D eigenvalue weighted by Crippen LogP contribution is -2.52. The summed E-state index contributed by atoms with van der Waals surface area (Å²) in [6.07, 6.45) is 3.46. The van der Waals surface area contributed by atoms with Crippen LogP contribution in [0, 0.1) is 17.8 Å². The number of carbonyl (C=O) groups excluding carboxylic acids is 1. The van der Waals surface area contributed by atoms with Crippen molar-refractivity contribution in [1.82, 2.24) is 20.0 Å². The van der Waals surface area contributed by atoms with E-state index in [1.54, 1.807) is 0 Å². The number of rotatable bonds is 7. The van der Waals surface area contributed by atoms with Crippen LogP contribution in [-0.2, 0) is 9.53 Å². The lowest BCUT2D eigenvalue weighted by Gasteiger charge is -2.41. The van der Waals surface area contributed by atoms with Crippen molar-refractivity contribution in [2.45, 2.75) is 39.2 Å². The van der Waals surface area contributed by atoms with Crippen molar-refractivity contribution in [2.24, 2.45) is 17.8 Å². The highest BCUT2D eigenvalue weighted by atomic mass is 16.5. The molecule has 0 aromatic rings. The predicted molar refractivity (Wildman–Crippen MR) is 109 cm³/mol. The van der Waals surface area contributed by atoms with Gasteiger partial charge >= 0.3 is 0 Å². The van der Waals surface area contributed by atoms with Crippen LogP contribution >= 0.6 is 0 Å². The number of nitrogens with one attached hydrogen (secondary N) is 1. The molecule has 6 nitrogen and oxygen atoms in total. The summed E-state index contributed by atoms with van der Waals surface area (Å²) in [5.41, 5.74) is 0. The summed E-state index contributed by atoms with van der Waals surface area (Å²) >= 11 is 0. The summed E-state index contributed by atoms with van der Waals surface area (Å²) in [6, 6.07) is 0. The number of amides is 1. The maximum atomic E-state index is 12.9. The zero-order chi connectivity index (χ0) is 19.2. The highest BCUT2D eigenvalue weighted by molar-refractivity contribution is 5.79. The van der Waals surface area contributed by atoms with Gasteiger partial charge in [-0.3, -0.25) is 4.79 Å². The molecule has 0 aliphatic carbocycles. The number of likely N-dealkylation sites (N-methyl/N-ethyl adjacent to an activating group) is 1. The van der Waals surface area contributed by atoms with Gasteiger partial charge < -0.3 is 24.8 Å². The lowest BCUT2D eigenvalue weighted by molar-refractivity contribution is -0.128. The van der Waals surface area contributed by atoms with Gasteiger partial charge in [-0.05, 0) is 38.1 Å². The van der Waals surface area contributed by atoms with Crippen LogP contribution in [0.5, 0.6) is 0 Å². The maximum Gasteiger partial charge on any atom is 0.224 e. The Bertz CT molecular complexity index is 459. The first-order valence-electron chi connectivity index (χ1n) is 11.0. The molecule has 0 aromatic heterocycles. The van der Waals surface area contributed by atoms with Gasteiger partial charge in [-0.1, -0.05) is 13.8 Å². The number of piperidine rings is 1. The monoisotopic (exact) mass is 380 g/mol. The fourth-order valence-electron chi connectivity index (χ4n) is 4.85. The molecule has 0 saturated carbocycles. The summed E-state index contributed by atoms with van der Waals surface area (Å²) in [4.78, 5) is 20.4. The van der Waals surface area contributed by atoms with Gasteiger partial charge in [0.1, 0.15) is 0 Å². The van der Waals surface area contributed by atoms with Gasteiger partial charge in [0.2, 0.25) is 5.91 Å². The molecular weight excluding hydrogens is 340 g/mol. The van der Waals surface area contributed by atoms with Crippen LogP contribution in [0.2, 0.25) is 0 Å². The van der Waals surface area contributed by atoms with Crippen LogP contribution < -0.4 is 5.32 Å². The van der Waals surface area contributed by atoms with Gasteiger partial charge in [-0.25, -0.2) is 0 Å². The van der Waals surface area contributed by atoms with Gasteiger partial charge in [0.15, 0.2) is 0 Å². The van der Waals surface area contributed by atoms with Crippen LogP contribution in [0.4, 0.5) is 0 Å². The smallest absolute Gasteiger partial charge is 0.224 e. The van der Waals surface area contributed by atoms with Crippen molar-refractivity contribution in [3.8, 4) is 0 Å². The third-order valence-corrected chi connectivity index (χ3v) is 6.25. The first-order chi connectivity index (χ1) is 13.0. The second-order valence-electron chi connectivity index (χ2n) is 9.40. The maximum absolute atomic E-state index is 12.9. The van der Waals surface area contributed by atoms with Crippen molar-refractivity contribution >= 4 is 5.91 Å². The number of nitrogens with zero attached hydrogens (tertiary/aromatic N) is 3. The van der Waals surface area contributed by atoms with E-state index in [9.17, 15) is 4.79 Å². The Balaban J connectivity index is 1.52. The van der Waals surface area contributed by atoms with Gasteiger partial charge in [-0.2, -0.15) is 0 Å². The first kappa shape index (κ1) is 21.0. The number of likely N-dealkylation sites (tertiary alicyclic amines) is 1. The summed E-state index contributed by atoms with van der Waals surface area (Å²) in [7, 11) is 2.21. The molecule has 0 radical (unpaired) electrons. The van der Waals surface area contributed by atoms with E-state index in [-0.39, 0.29) is 17.9 Å². The topological polar surface area (TPSA) is 48.0 Å². The number of hydrogen-bond acceptors (Lipinski definition) is 5. The fraction of sp³-hybridized carbons (Fsp3) is 0.952. The Kier molecular flexibility index (Phi) is 7.94. The Hall–Kier alpha value is -0.690. The second kappa shape index (κ2) is 10.2. The Morgan fingerprint density at radius 1 is 1.15 bits per heavy atom. The third-order valence-electron chi connectivity index (χ3n) is 6.25. The summed E-state index contributed by atoms with van der Waals surface area (Å²) in [5, 5.41) is 3.19. The van der Waals surface area contributed by atoms with Crippen LogP contribution in [0.3, 0.4) is 0 Å².